The second kappa shape index (κ2) is 11.0. The number of amides is 1. The van der Waals surface area contributed by atoms with Gasteiger partial charge in [0.15, 0.2) is 14.6 Å². The monoisotopic (exact) mass is 526 g/mol. The molecule has 0 atom stereocenters. The molecule has 0 aliphatic heterocycles. The van der Waals surface area contributed by atoms with Crippen molar-refractivity contribution in [3.05, 3.63) is 46.2 Å². The number of halogens is 1. The fraction of sp³-hybridized carbons (Fsp3) is 0.318. The van der Waals surface area contributed by atoms with E-state index in [-0.39, 0.29) is 34.8 Å². The SMILES string of the molecule is COC(=O)Cn1c(=NC(=O)CCCS(=O)(=O)c2ccc(Cl)cc2)sc2c(OC)ccc(OC)c21. The lowest BCUT2D eigenvalue weighted by atomic mass is 10.3. The minimum atomic E-state index is -3.56. The Kier molecular flexibility index (Phi) is 8.34. The Hall–Kier alpha value is -2.89. The number of thiazole rings is 1. The van der Waals surface area contributed by atoms with Crippen LogP contribution in [0.1, 0.15) is 12.8 Å². The lowest BCUT2D eigenvalue weighted by Crippen LogP contribution is -2.22. The van der Waals surface area contributed by atoms with Gasteiger partial charge in [-0.05, 0) is 42.8 Å². The highest BCUT2D eigenvalue weighted by atomic mass is 35.5. The molecule has 0 N–H and O–H groups in total. The van der Waals surface area contributed by atoms with Gasteiger partial charge in [-0.15, -0.1) is 0 Å². The van der Waals surface area contributed by atoms with Crippen LogP contribution >= 0.6 is 22.9 Å². The Bertz CT molecular complexity index is 1380. The predicted octanol–water partition coefficient (Wildman–Crippen LogP) is 3.23. The van der Waals surface area contributed by atoms with Crippen LogP contribution in [-0.4, -0.2) is 51.9 Å². The van der Waals surface area contributed by atoms with Crippen LogP contribution in [0.3, 0.4) is 0 Å². The number of hydrogen-bond acceptors (Lipinski definition) is 8. The Morgan fingerprint density at radius 1 is 1.03 bits per heavy atom. The van der Waals surface area contributed by atoms with Crippen molar-refractivity contribution >= 4 is 54.9 Å². The van der Waals surface area contributed by atoms with Gasteiger partial charge in [0.1, 0.15) is 28.3 Å². The second-order valence-electron chi connectivity index (χ2n) is 7.08. The number of methoxy groups -OCH3 is 3. The summed E-state index contributed by atoms with van der Waals surface area (Å²) in [6, 6.07) is 9.26. The highest BCUT2D eigenvalue weighted by Gasteiger charge is 2.19. The minimum absolute atomic E-state index is 0.0852. The largest absolute Gasteiger partial charge is 0.495 e. The van der Waals surface area contributed by atoms with Crippen molar-refractivity contribution in [2.24, 2.45) is 4.99 Å². The zero-order valence-electron chi connectivity index (χ0n) is 18.7. The fourth-order valence-electron chi connectivity index (χ4n) is 3.22. The molecule has 182 valence electrons. The van der Waals surface area contributed by atoms with Crippen LogP contribution in [-0.2, 0) is 30.7 Å². The third-order valence-corrected chi connectivity index (χ3v) is 8.07. The maximum atomic E-state index is 12.6. The first-order valence-electron chi connectivity index (χ1n) is 10.1. The fourth-order valence-corrected chi connectivity index (χ4v) is 5.81. The highest BCUT2D eigenvalue weighted by Crippen LogP contribution is 2.35. The van der Waals surface area contributed by atoms with E-state index in [0.29, 0.717) is 26.7 Å². The molecule has 0 spiro atoms. The van der Waals surface area contributed by atoms with E-state index in [2.05, 4.69) is 4.99 Å². The summed E-state index contributed by atoms with van der Waals surface area (Å²) in [6.07, 6.45) is -0.00457. The third kappa shape index (κ3) is 5.78. The molecule has 1 aromatic heterocycles. The number of rotatable bonds is 9. The number of hydrogen-bond donors (Lipinski definition) is 0. The molecule has 0 aliphatic rings. The normalized spacial score (nSPS) is 12.1. The first-order chi connectivity index (χ1) is 16.2. The summed E-state index contributed by atoms with van der Waals surface area (Å²) in [6.45, 7) is -0.197. The molecule has 0 aliphatic carbocycles. The quantitative estimate of drug-likeness (QED) is 0.393. The topological polar surface area (TPSA) is 113 Å². The van der Waals surface area contributed by atoms with E-state index in [0.717, 1.165) is 11.3 Å². The minimum Gasteiger partial charge on any atom is -0.495 e. The molecular weight excluding hydrogens is 504 g/mol. The van der Waals surface area contributed by atoms with Crippen LogP contribution in [0.5, 0.6) is 11.5 Å². The van der Waals surface area contributed by atoms with Gasteiger partial charge >= 0.3 is 5.97 Å². The third-order valence-electron chi connectivity index (χ3n) is 4.90. The molecule has 0 saturated carbocycles. The van der Waals surface area contributed by atoms with Crippen molar-refractivity contribution in [2.45, 2.75) is 24.3 Å². The highest BCUT2D eigenvalue weighted by molar-refractivity contribution is 7.91. The lowest BCUT2D eigenvalue weighted by Gasteiger charge is -2.09. The Morgan fingerprint density at radius 2 is 1.68 bits per heavy atom. The second-order valence-corrected chi connectivity index (χ2v) is 10.6. The molecule has 0 saturated heterocycles. The number of carbonyl (C=O) groups is 2. The molecule has 1 heterocycles. The van der Waals surface area contributed by atoms with Crippen molar-refractivity contribution in [1.29, 1.82) is 0 Å². The summed E-state index contributed by atoms with van der Waals surface area (Å²) in [5, 5.41) is 0.435. The van der Waals surface area contributed by atoms with Crippen LogP contribution in [0.25, 0.3) is 10.2 Å². The maximum Gasteiger partial charge on any atom is 0.325 e. The van der Waals surface area contributed by atoms with E-state index in [1.807, 2.05) is 0 Å². The molecule has 9 nitrogen and oxygen atoms in total. The summed E-state index contributed by atoms with van der Waals surface area (Å²) in [4.78, 5) is 29.2. The van der Waals surface area contributed by atoms with Crippen LogP contribution < -0.4 is 14.3 Å². The van der Waals surface area contributed by atoms with E-state index < -0.39 is 21.7 Å². The standard InChI is InChI=1S/C22H23ClN2O7S2/c1-30-16-10-11-17(31-2)21-20(16)25(13-19(27)32-3)22(33-21)24-18(26)5-4-12-34(28,29)15-8-6-14(23)7-9-15/h6-11H,4-5,12-13H2,1-3H3. The molecule has 3 rings (SSSR count). The number of benzene rings is 2. The Balaban J connectivity index is 1.89. The van der Waals surface area contributed by atoms with Crippen molar-refractivity contribution in [3.63, 3.8) is 0 Å². The van der Waals surface area contributed by atoms with Gasteiger partial charge in [-0.1, -0.05) is 22.9 Å². The van der Waals surface area contributed by atoms with Gasteiger partial charge in [0.05, 0.1) is 32.0 Å². The average Bonchev–Trinajstić information content (AvgIpc) is 3.16. The average molecular weight is 527 g/mol. The number of esters is 1. The van der Waals surface area contributed by atoms with Crippen LogP contribution in [0.4, 0.5) is 0 Å². The van der Waals surface area contributed by atoms with Gasteiger partial charge in [-0.2, -0.15) is 4.99 Å². The first kappa shape index (κ1) is 25.7. The lowest BCUT2D eigenvalue weighted by molar-refractivity contribution is -0.141. The van der Waals surface area contributed by atoms with E-state index in [9.17, 15) is 18.0 Å². The molecule has 1 amide bonds. The van der Waals surface area contributed by atoms with Crippen molar-refractivity contribution in [2.75, 3.05) is 27.1 Å². The van der Waals surface area contributed by atoms with Crippen molar-refractivity contribution in [1.82, 2.24) is 4.57 Å². The molecule has 2 aromatic carbocycles. The summed E-state index contributed by atoms with van der Waals surface area (Å²) in [5.74, 6) is -0.269. The number of fused-ring (bicyclic) bond motifs is 1. The number of carbonyl (C=O) groups excluding carboxylic acids is 2. The molecule has 0 fully saturated rings. The Morgan fingerprint density at radius 3 is 2.29 bits per heavy atom. The van der Waals surface area contributed by atoms with Gasteiger partial charge in [-0.3, -0.25) is 9.59 Å². The molecule has 12 heteroatoms. The molecule has 3 aromatic rings. The molecule has 0 bridgehead atoms. The first-order valence-corrected chi connectivity index (χ1v) is 12.9. The number of ether oxygens (including phenoxy) is 3. The van der Waals surface area contributed by atoms with E-state index in [4.69, 9.17) is 25.8 Å². The van der Waals surface area contributed by atoms with Crippen LogP contribution in [0, 0.1) is 0 Å². The summed E-state index contributed by atoms with van der Waals surface area (Å²) < 4.78 is 42.8. The van der Waals surface area contributed by atoms with Gasteiger partial charge in [-0.25, -0.2) is 8.42 Å². The van der Waals surface area contributed by atoms with E-state index in [1.165, 1.54) is 50.2 Å². The molecule has 0 radical (unpaired) electrons. The number of nitrogens with zero attached hydrogens (tertiary/aromatic N) is 2. The maximum absolute atomic E-state index is 12.6. The number of sulfone groups is 1. The predicted molar refractivity (Wildman–Crippen MR) is 128 cm³/mol. The van der Waals surface area contributed by atoms with Gasteiger partial charge < -0.3 is 18.8 Å². The summed E-state index contributed by atoms with van der Waals surface area (Å²) in [7, 11) is 0.701. The van der Waals surface area contributed by atoms with Gasteiger partial charge in [0.25, 0.3) is 0 Å². The van der Waals surface area contributed by atoms with Crippen LogP contribution in [0.15, 0.2) is 46.3 Å². The zero-order chi connectivity index (χ0) is 24.9. The smallest absolute Gasteiger partial charge is 0.325 e. The summed E-state index contributed by atoms with van der Waals surface area (Å²) in [5.41, 5.74) is 0.536. The summed E-state index contributed by atoms with van der Waals surface area (Å²) >= 11 is 6.96. The van der Waals surface area contributed by atoms with Gasteiger partial charge in [0.2, 0.25) is 5.91 Å². The van der Waals surface area contributed by atoms with Crippen LogP contribution in [0.2, 0.25) is 5.02 Å². The van der Waals surface area contributed by atoms with Crippen molar-refractivity contribution < 1.29 is 32.2 Å². The van der Waals surface area contributed by atoms with E-state index in [1.54, 1.807) is 12.1 Å². The zero-order valence-corrected chi connectivity index (χ0v) is 21.1. The molecule has 34 heavy (non-hydrogen) atoms. The van der Waals surface area contributed by atoms with Crippen molar-refractivity contribution in [3.8, 4) is 11.5 Å². The Labute approximate surface area is 205 Å². The van der Waals surface area contributed by atoms with E-state index >= 15 is 0 Å². The molecular formula is C22H23ClN2O7S2. The van der Waals surface area contributed by atoms with Gasteiger partial charge in [0, 0.05) is 11.4 Å². The number of aromatic nitrogens is 1. The molecule has 0 unspecified atom stereocenters.